The predicted octanol–water partition coefficient (Wildman–Crippen LogP) is 28.3. The number of aryl methyl sites for hydroxylation is 22. The lowest BCUT2D eigenvalue weighted by atomic mass is 10.1. The van der Waals surface area contributed by atoms with E-state index in [0.717, 1.165) is 0 Å². The molecule has 0 atom stereocenters. The van der Waals surface area contributed by atoms with Crippen molar-refractivity contribution in [3.8, 4) is 0 Å². The Morgan fingerprint density at radius 1 is 0.143 bits per heavy atom. The van der Waals surface area contributed by atoms with Gasteiger partial charge in [0, 0.05) is 151 Å². The molecule has 0 unspecified atom stereocenters. The van der Waals surface area contributed by atoms with E-state index in [9.17, 15) is 0 Å². The van der Waals surface area contributed by atoms with Crippen LogP contribution in [-0.4, -0.2) is 27.4 Å². The fourth-order valence-corrected chi connectivity index (χ4v) is 16.8. The van der Waals surface area contributed by atoms with Crippen LogP contribution in [0.3, 0.4) is 0 Å². The number of benzene rings is 14. The summed E-state index contributed by atoms with van der Waals surface area (Å²) in [4.78, 5) is 0. The number of fused-ring (bicyclic) bond motifs is 18. The second-order valence-electron chi connectivity index (χ2n) is 31.7. The Morgan fingerprint density at radius 2 is 0.384 bits per heavy atom. The second-order valence-corrected chi connectivity index (χ2v) is 31.7. The Balaban J connectivity index is 0.000000113. The maximum absolute atomic E-state index is 2.31. The molecule has 6 heteroatoms. The smallest absolute Gasteiger partial charge is 0.0518 e. The first-order chi connectivity index (χ1) is 53.6. The normalized spacial score (nSPS) is 11.1. The summed E-state index contributed by atoms with van der Waals surface area (Å²) in [7, 11) is 12.9. The summed E-state index contributed by atoms with van der Waals surface area (Å²) in [5.74, 6) is 0. The van der Waals surface area contributed by atoms with Gasteiger partial charge < -0.3 is 27.4 Å². The summed E-state index contributed by atoms with van der Waals surface area (Å²) >= 11 is 0. The van der Waals surface area contributed by atoms with Gasteiger partial charge in [0.15, 0.2) is 0 Å². The highest BCUT2D eigenvalue weighted by molar-refractivity contribution is 6.14. The molecule has 0 aliphatic rings. The summed E-state index contributed by atoms with van der Waals surface area (Å²) in [6.07, 6.45) is 0. The van der Waals surface area contributed by atoms with Crippen molar-refractivity contribution >= 4 is 131 Å². The van der Waals surface area contributed by atoms with Gasteiger partial charge in [0.05, 0.1) is 22.1 Å². The zero-order valence-corrected chi connectivity index (χ0v) is 70.1. The molecule has 564 valence electrons. The molecule has 0 aliphatic carbocycles. The van der Waals surface area contributed by atoms with Crippen LogP contribution < -0.4 is 0 Å². The van der Waals surface area contributed by atoms with E-state index in [2.05, 4.69) is 447 Å². The van der Waals surface area contributed by atoms with Crippen LogP contribution in [0, 0.1) is 111 Å². The van der Waals surface area contributed by atoms with E-state index >= 15 is 0 Å². The van der Waals surface area contributed by atoms with Gasteiger partial charge in [-0.15, -0.1) is 0 Å². The average molecular weight is 1470 g/mol. The lowest BCUT2D eigenvalue weighted by molar-refractivity contribution is 1.00. The Labute approximate surface area is 663 Å². The topological polar surface area (TPSA) is 29.6 Å². The Bertz CT molecular complexity index is 6610. The van der Waals surface area contributed by atoms with E-state index in [4.69, 9.17) is 0 Å². The molecule has 6 nitrogen and oxygen atoms in total. The van der Waals surface area contributed by atoms with Gasteiger partial charge in [-0.3, -0.25) is 0 Å². The zero-order valence-electron chi connectivity index (χ0n) is 70.1. The van der Waals surface area contributed by atoms with Crippen molar-refractivity contribution in [3.63, 3.8) is 0 Å². The standard InChI is InChI=1S/6C15H15N.2C8H10/c1-10-4-6-14-12(8-10)13-9-11(2)5-7-15(13)16(14)3;1-10-4-6-12-13-7-5-11(2)9-15(13)16(3)14(12)8-10;1-10-6-4-8-12-13-9-5-7-11(2)15(13)16(3)14(10)12;1-10-7-8-13-12(9-10)15-11(2)5-4-6-14(15)16(13)3;1-10-7-8-12-13-6-4-5-11(2)15(13)16(3)14(12)9-10;1-10-7-8-14-13(9-10)12-6-4-5-11(2)15(12)16(14)3;1-7-3-5-8(2)6-4-7;1-7-4-3-5-8(2)6-7/h6*4-9H,1-3H3;2*3-6H,1-2H3. The van der Waals surface area contributed by atoms with Gasteiger partial charge in [0.2, 0.25) is 0 Å². The number of hydrogen-bond donors (Lipinski definition) is 0. The molecule has 0 amide bonds. The van der Waals surface area contributed by atoms with Gasteiger partial charge in [-0.25, -0.2) is 0 Å². The predicted molar refractivity (Wildman–Crippen MR) is 491 cm³/mol. The molecule has 0 N–H and O–H groups in total. The molecule has 0 fully saturated rings. The lowest BCUT2D eigenvalue weighted by Crippen LogP contribution is -1.90. The minimum absolute atomic E-state index is 1.31. The van der Waals surface area contributed by atoms with Crippen LogP contribution in [0.25, 0.3) is 131 Å². The highest BCUT2D eigenvalue weighted by Crippen LogP contribution is 2.37. The van der Waals surface area contributed by atoms with Gasteiger partial charge >= 0.3 is 0 Å². The van der Waals surface area contributed by atoms with E-state index in [1.807, 2.05) is 0 Å². The lowest BCUT2D eigenvalue weighted by Gasteiger charge is -2.02. The van der Waals surface area contributed by atoms with Gasteiger partial charge in [-0.2, -0.15) is 0 Å². The average Bonchev–Trinajstić information content (AvgIpc) is 1.62. The number of hydrogen-bond acceptors (Lipinski definition) is 0. The molecule has 14 aromatic carbocycles. The van der Waals surface area contributed by atoms with Crippen LogP contribution in [0.5, 0.6) is 0 Å². The Kier molecular flexibility index (Phi) is 22.9. The minimum Gasteiger partial charge on any atom is -0.344 e. The summed E-state index contributed by atoms with van der Waals surface area (Å²) in [5.41, 5.74) is 37.2. The van der Waals surface area contributed by atoms with Gasteiger partial charge in [-0.1, -0.05) is 239 Å². The molecular weight excluding hydrogens is 1360 g/mol. The van der Waals surface area contributed by atoms with E-state index in [-0.39, 0.29) is 0 Å². The van der Waals surface area contributed by atoms with Crippen LogP contribution in [0.15, 0.2) is 267 Å². The summed E-state index contributed by atoms with van der Waals surface area (Å²) < 4.78 is 13.7. The number of aromatic nitrogens is 6. The fraction of sp³-hybridized carbons (Fsp3) is 0.208. The third-order valence-electron chi connectivity index (χ3n) is 22.6. The Hall–Kier alpha value is -12.1. The van der Waals surface area contributed by atoms with Crippen molar-refractivity contribution in [3.05, 3.63) is 356 Å². The summed E-state index contributed by atoms with van der Waals surface area (Å²) in [6, 6.07) is 96.2. The van der Waals surface area contributed by atoms with Gasteiger partial charge in [0.25, 0.3) is 0 Å². The monoisotopic (exact) mass is 1470 g/mol. The third-order valence-corrected chi connectivity index (χ3v) is 22.6. The maximum Gasteiger partial charge on any atom is 0.0518 e. The molecular formula is C106H110N6. The Morgan fingerprint density at radius 3 is 0.777 bits per heavy atom. The molecule has 0 spiro atoms. The van der Waals surface area contributed by atoms with E-state index in [0.29, 0.717) is 0 Å². The SMILES string of the molecule is Cc1ccc(C)cc1.Cc1ccc2c(c1)c1c(C)cccc1n2C.Cc1ccc2c(c1)c1cc(C)ccc1n2C.Cc1ccc2c(c1)c1cccc(C)c1n2C.Cc1ccc2c3ccc(C)cc3n(C)c2c1.Cc1ccc2c3cccc(C)c3n(C)c2c1.Cc1cccc(C)c1.Cc1cccc2c3cccc(C)c3n(C)c12. The van der Waals surface area contributed by atoms with Crippen LogP contribution in [0.4, 0.5) is 0 Å². The van der Waals surface area contributed by atoms with Crippen molar-refractivity contribution in [1.82, 2.24) is 27.4 Å². The number of para-hydroxylation sites is 4. The first kappa shape index (κ1) is 78.0. The largest absolute Gasteiger partial charge is 0.344 e. The second kappa shape index (κ2) is 32.8. The molecule has 0 aliphatic heterocycles. The van der Waals surface area contributed by atoms with Crippen molar-refractivity contribution < 1.29 is 0 Å². The molecule has 20 rings (SSSR count). The third kappa shape index (κ3) is 15.8. The number of nitrogens with zero attached hydrogens (tertiary/aromatic N) is 6. The molecule has 0 bridgehead atoms. The molecule has 6 heterocycles. The fourth-order valence-electron chi connectivity index (χ4n) is 16.8. The first-order valence-corrected chi connectivity index (χ1v) is 39.4. The van der Waals surface area contributed by atoms with Gasteiger partial charge in [0.1, 0.15) is 0 Å². The number of rotatable bonds is 0. The van der Waals surface area contributed by atoms with Crippen LogP contribution in [-0.2, 0) is 42.3 Å². The highest BCUT2D eigenvalue weighted by atomic mass is 15.0. The minimum atomic E-state index is 1.31. The van der Waals surface area contributed by atoms with Crippen molar-refractivity contribution in [2.75, 3.05) is 0 Å². The van der Waals surface area contributed by atoms with E-state index in [1.165, 1.54) is 220 Å². The maximum atomic E-state index is 2.31. The van der Waals surface area contributed by atoms with E-state index in [1.54, 1.807) is 0 Å². The van der Waals surface area contributed by atoms with Crippen molar-refractivity contribution in [1.29, 1.82) is 0 Å². The summed E-state index contributed by atoms with van der Waals surface area (Å²) in [6.45, 7) is 34.3. The molecule has 0 saturated carbocycles. The van der Waals surface area contributed by atoms with Crippen LogP contribution in [0.2, 0.25) is 0 Å². The van der Waals surface area contributed by atoms with E-state index < -0.39 is 0 Å². The van der Waals surface area contributed by atoms with Crippen LogP contribution >= 0.6 is 0 Å². The summed E-state index contributed by atoms with van der Waals surface area (Å²) in [5, 5.41) is 16.3. The quantitative estimate of drug-likeness (QED) is 0.145. The zero-order chi connectivity index (χ0) is 79.7. The van der Waals surface area contributed by atoms with Gasteiger partial charge in [-0.05, 0) is 228 Å². The molecule has 0 saturated heterocycles. The van der Waals surface area contributed by atoms with Crippen LogP contribution in [0.1, 0.15) is 89.0 Å². The molecule has 112 heavy (non-hydrogen) atoms. The highest BCUT2D eigenvalue weighted by Gasteiger charge is 2.16. The van der Waals surface area contributed by atoms with Crippen molar-refractivity contribution in [2.45, 2.75) is 111 Å². The molecule has 20 aromatic rings. The molecule has 0 radical (unpaired) electrons. The van der Waals surface area contributed by atoms with Crippen molar-refractivity contribution in [2.24, 2.45) is 42.3 Å². The molecule has 6 aromatic heterocycles. The first-order valence-electron chi connectivity index (χ1n) is 39.4.